The highest BCUT2D eigenvalue weighted by molar-refractivity contribution is 7.80. The molecule has 62 valence electrons. The third-order valence-corrected chi connectivity index (χ3v) is 2.12. The van der Waals surface area contributed by atoms with Gasteiger partial charge in [0, 0.05) is 13.0 Å². The highest BCUT2D eigenvalue weighted by Gasteiger charge is 2.30. The van der Waals surface area contributed by atoms with Crippen molar-refractivity contribution < 1.29 is 9.90 Å². The van der Waals surface area contributed by atoms with Crippen molar-refractivity contribution in [3.8, 4) is 0 Å². The molecule has 0 aromatic carbocycles. The van der Waals surface area contributed by atoms with E-state index in [1.807, 2.05) is 0 Å². The normalized spacial score (nSPS) is 30.5. The summed E-state index contributed by atoms with van der Waals surface area (Å²) in [5, 5.41) is 9.19. The van der Waals surface area contributed by atoms with Crippen LogP contribution in [0.15, 0.2) is 0 Å². The molecular weight excluding hydrogens is 162 g/mol. The van der Waals surface area contributed by atoms with Crippen LogP contribution in [0.2, 0.25) is 0 Å². The first-order valence-electron chi connectivity index (χ1n) is 3.55. The van der Waals surface area contributed by atoms with Gasteiger partial charge in [-0.15, -0.1) is 0 Å². The van der Waals surface area contributed by atoms with E-state index in [1.165, 1.54) is 0 Å². The summed E-state index contributed by atoms with van der Waals surface area (Å²) in [7, 11) is 0. The number of carbonyl (C=O) groups is 1. The summed E-state index contributed by atoms with van der Waals surface area (Å²) < 4.78 is 0. The maximum Gasteiger partial charge on any atom is 0.142 e. The average Bonchev–Trinajstić information content (AvgIpc) is 2.30. The monoisotopic (exact) mass is 173 g/mol. The summed E-state index contributed by atoms with van der Waals surface area (Å²) in [6.07, 6.45) is 0.951. The lowest BCUT2D eigenvalue weighted by Crippen LogP contribution is -2.33. The van der Waals surface area contributed by atoms with E-state index in [1.54, 1.807) is 11.8 Å². The first-order valence-corrected chi connectivity index (χ1v) is 3.96. The number of aliphatic hydroxyl groups is 1. The van der Waals surface area contributed by atoms with Crippen LogP contribution in [0.4, 0.5) is 0 Å². The van der Waals surface area contributed by atoms with E-state index in [-0.39, 0.29) is 6.04 Å². The number of rotatable bonds is 1. The summed E-state index contributed by atoms with van der Waals surface area (Å²) in [5.74, 6) is 0. The van der Waals surface area contributed by atoms with Crippen molar-refractivity contribution in [2.75, 3.05) is 6.54 Å². The van der Waals surface area contributed by atoms with Gasteiger partial charge in [-0.3, -0.25) is 0 Å². The quantitative estimate of drug-likeness (QED) is 0.446. The largest absolute Gasteiger partial charge is 0.391 e. The lowest BCUT2D eigenvalue weighted by atomic mass is 10.2. The molecule has 0 aromatic rings. The molecule has 0 saturated carbocycles. The van der Waals surface area contributed by atoms with Gasteiger partial charge in [-0.1, -0.05) is 12.2 Å². The highest BCUT2D eigenvalue weighted by Crippen LogP contribution is 2.16. The molecule has 1 heterocycles. The molecule has 0 amide bonds. The van der Waals surface area contributed by atoms with Crippen LogP contribution in [0.5, 0.6) is 0 Å². The lowest BCUT2D eigenvalue weighted by Gasteiger charge is -2.19. The van der Waals surface area contributed by atoms with E-state index in [0.717, 1.165) is 6.29 Å². The van der Waals surface area contributed by atoms with E-state index in [9.17, 15) is 9.90 Å². The van der Waals surface area contributed by atoms with Crippen molar-refractivity contribution in [2.45, 2.75) is 25.5 Å². The Morgan fingerprint density at radius 3 is 2.82 bits per heavy atom. The Bertz CT molecular complexity index is 183. The van der Waals surface area contributed by atoms with Crippen LogP contribution < -0.4 is 0 Å². The molecule has 1 N–H and O–H groups in total. The Morgan fingerprint density at radius 1 is 1.82 bits per heavy atom. The number of hydrogen-bond donors (Lipinski definition) is 1. The van der Waals surface area contributed by atoms with Crippen LogP contribution in [0.3, 0.4) is 0 Å². The molecule has 4 heteroatoms. The van der Waals surface area contributed by atoms with Crippen molar-refractivity contribution in [2.24, 2.45) is 0 Å². The second-order valence-corrected chi connectivity index (χ2v) is 3.36. The highest BCUT2D eigenvalue weighted by atomic mass is 32.1. The molecule has 1 rings (SSSR count). The molecule has 3 nitrogen and oxygen atoms in total. The van der Waals surface area contributed by atoms with Gasteiger partial charge in [0.25, 0.3) is 0 Å². The molecule has 11 heavy (non-hydrogen) atoms. The van der Waals surface area contributed by atoms with Crippen LogP contribution >= 0.6 is 12.2 Å². The number of aliphatic hydroxyl groups excluding tert-OH is 1. The molecular formula is C7H11NO2S. The molecule has 2 atom stereocenters. The van der Waals surface area contributed by atoms with E-state index in [0.29, 0.717) is 18.0 Å². The Hall–Kier alpha value is -0.480. The standard InChI is InChI=1S/C7H11NO2S/c1-5(11)8-3-7(10)2-6(8)4-9/h4,6-7,10H,2-3H2,1H3/t6-,7-/m0/s1. The summed E-state index contributed by atoms with van der Waals surface area (Å²) in [4.78, 5) is 12.9. The molecule has 1 aliphatic rings. The van der Waals surface area contributed by atoms with Gasteiger partial charge in [0.05, 0.1) is 17.1 Å². The molecule has 1 aliphatic heterocycles. The van der Waals surface area contributed by atoms with Crippen molar-refractivity contribution in [1.29, 1.82) is 0 Å². The number of carbonyl (C=O) groups excluding carboxylic acids is 1. The molecule has 1 saturated heterocycles. The van der Waals surface area contributed by atoms with Crippen LogP contribution in [0, 0.1) is 0 Å². The zero-order chi connectivity index (χ0) is 8.43. The number of nitrogens with zero attached hydrogens (tertiary/aromatic N) is 1. The van der Waals surface area contributed by atoms with Crippen molar-refractivity contribution in [3.63, 3.8) is 0 Å². The van der Waals surface area contributed by atoms with E-state index in [4.69, 9.17) is 12.2 Å². The number of β-amino-alcohol motifs (C(OH)–C–C–N with tert-alkyl or cyclic N) is 1. The van der Waals surface area contributed by atoms with Gasteiger partial charge in [0.15, 0.2) is 0 Å². The Morgan fingerprint density at radius 2 is 2.45 bits per heavy atom. The third kappa shape index (κ3) is 1.75. The van der Waals surface area contributed by atoms with Gasteiger partial charge >= 0.3 is 0 Å². The predicted molar refractivity (Wildman–Crippen MR) is 45.5 cm³/mol. The minimum atomic E-state index is -0.400. The van der Waals surface area contributed by atoms with Crippen LogP contribution in [0.25, 0.3) is 0 Å². The fourth-order valence-electron chi connectivity index (χ4n) is 1.33. The van der Waals surface area contributed by atoms with Gasteiger partial charge in [-0.2, -0.15) is 0 Å². The lowest BCUT2D eigenvalue weighted by molar-refractivity contribution is -0.110. The SMILES string of the molecule is CC(=S)N1C[C@@H](O)C[C@H]1C=O. The molecule has 0 spiro atoms. The van der Waals surface area contributed by atoms with Gasteiger partial charge in [0.1, 0.15) is 6.29 Å². The summed E-state index contributed by atoms with van der Waals surface area (Å²) in [6, 6.07) is -0.206. The van der Waals surface area contributed by atoms with Crippen LogP contribution in [0.1, 0.15) is 13.3 Å². The maximum absolute atomic E-state index is 10.5. The first-order chi connectivity index (χ1) is 5.15. The maximum atomic E-state index is 10.5. The van der Waals surface area contributed by atoms with Gasteiger partial charge in [-0.25, -0.2) is 0 Å². The zero-order valence-electron chi connectivity index (χ0n) is 6.36. The fourth-order valence-corrected chi connectivity index (χ4v) is 1.54. The second kappa shape index (κ2) is 3.28. The first kappa shape index (κ1) is 8.62. The molecule has 1 fully saturated rings. The molecule has 0 aliphatic carbocycles. The van der Waals surface area contributed by atoms with E-state index >= 15 is 0 Å². The third-order valence-electron chi connectivity index (χ3n) is 1.88. The molecule has 0 bridgehead atoms. The summed E-state index contributed by atoms with van der Waals surface area (Å²) in [5.41, 5.74) is 0. The predicted octanol–water partition coefficient (Wildman–Crippen LogP) is -0.0322. The van der Waals surface area contributed by atoms with Crippen molar-refractivity contribution >= 4 is 23.5 Å². The molecule has 0 radical (unpaired) electrons. The average molecular weight is 173 g/mol. The molecule has 0 unspecified atom stereocenters. The van der Waals surface area contributed by atoms with E-state index in [2.05, 4.69) is 0 Å². The Balaban J connectivity index is 2.64. The molecule has 0 aromatic heterocycles. The Kier molecular flexibility index (Phi) is 2.57. The van der Waals surface area contributed by atoms with E-state index < -0.39 is 6.10 Å². The van der Waals surface area contributed by atoms with Crippen LogP contribution in [-0.4, -0.2) is 40.0 Å². The van der Waals surface area contributed by atoms with Gasteiger partial charge < -0.3 is 14.8 Å². The van der Waals surface area contributed by atoms with Crippen molar-refractivity contribution in [1.82, 2.24) is 4.90 Å². The zero-order valence-corrected chi connectivity index (χ0v) is 7.17. The van der Waals surface area contributed by atoms with Gasteiger partial charge in [-0.05, 0) is 6.92 Å². The number of aldehydes is 1. The number of hydrogen-bond acceptors (Lipinski definition) is 3. The minimum absolute atomic E-state index is 0.206. The van der Waals surface area contributed by atoms with Crippen molar-refractivity contribution in [3.05, 3.63) is 0 Å². The fraction of sp³-hybridized carbons (Fsp3) is 0.714. The number of likely N-dealkylation sites (tertiary alicyclic amines) is 1. The van der Waals surface area contributed by atoms with Crippen LogP contribution in [-0.2, 0) is 4.79 Å². The summed E-state index contributed by atoms with van der Waals surface area (Å²) in [6.45, 7) is 2.27. The minimum Gasteiger partial charge on any atom is -0.391 e. The Labute approximate surface area is 71.0 Å². The second-order valence-electron chi connectivity index (χ2n) is 2.76. The topological polar surface area (TPSA) is 40.5 Å². The van der Waals surface area contributed by atoms with Gasteiger partial charge in [0.2, 0.25) is 0 Å². The number of thiocarbonyl (C=S) groups is 1. The smallest absolute Gasteiger partial charge is 0.142 e. The summed E-state index contributed by atoms with van der Waals surface area (Å²) >= 11 is 4.91.